The number of aliphatic hydroxyl groups excluding tert-OH is 1. The molecule has 6 nitrogen and oxygen atoms in total. The molecule has 3 aromatic rings. The zero-order valence-corrected chi connectivity index (χ0v) is 17.2. The molecule has 1 aliphatic rings. The van der Waals surface area contributed by atoms with Crippen LogP contribution >= 0.6 is 0 Å². The lowest BCUT2D eigenvalue weighted by atomic mass is 9.98. The molecule has 3 N–H and O–H groups in total. The summed E-state index contributed by atoms with van der Waals surface area (Å²) in [5.74, 6) is -0.322. The van der Waals surface area contributed by atoms with Gasteiger partial charge in [-0.1, -0.05) is 54.6 Å². The molecule has 6 heteroatoms. The normalized spacial score (nSPS) is 12.1. The first-order valence-electron chi connectivity index (χ1n) is 10.2. The van der Waals surface area contributed by atoms with Crippen molar-refractivity contribution in [2.24, 2.45) is 0 Å². The number of rotatable bonds is 6. The van der Waals surface area contributed by atoms with Crippen molar-refractivity contribution in [3.8, 4) is 11.1 Å². The Morgan fingerprint density at radius 3 is 2.23 bits per heavy atom. The monoisotopic (exact) mass is 416 g/mol. The molecule has 0 heterocycles. The van der Waals surface area contributed by atoms with E-state index in [1.807, 2.05) is 24.3 Å². The highest BCUT2D eigenvalue weighted by Crippen LogP contribution is 2.44. The summed E-state index contributed by atoms with van der Waals surface area (Å²) in [7, 11) is 0. The molecular weight excluding hydrogens is 392 g/mol. The molecule has 0 saturated carbocycles. The highest BCUT2D eigenvalue weighted by atomic mass is 16.5. The van der Waals surface area contributed by atoms with E-state index in [1.165, 1.54) is 11.1 Å². The van der Waals surface area contributed by atoms with Crippen LogP contribution in [-0.4, -0.2) is 36.9 Å². The maximum absolute atomic E-state index is 12.5. The van der Waals surface area contributed by atoms with E-state index in [1.54, 1.807) is 25.1 Å². The predicted molar refractivity (Wildman–Crippen MR) is 119 cm³/mol. The van der Waals surface area contributed by atoms with Gasteiger partial charge in [0.05, 0.1) is 6.61 Å². The maximum Gasteiger partial charge on any atom is 0.411 e. The Morgan fingerprint density at radius 2 is 1.58 bits per heavy atom. The number of hydrogen-bond donors (Lipinski definition) is 3. The Kier molecular flexibility index (Phi) is 6.00. The first-order chi connectivity index (χ1) is 15.1. The molecule has 0 fully saturated rings. The van der Waals surface area contributed by atoms with Gasteiger partial charge in [-0.05, 0) is 46.9 Å². The van der Waals surface area contributed by atoms with Gasteiger partial charge >= 0.3 is 6.09 Å². The van der Waals surface area contributed by atoms with Gasteiger partial charge in [-0.3, -0.25) is 10.1 Å². The molecular formula is C25H24N2O4. The molecule has 0 spiro atoms. The number of carbonyl (C=O) groups excluding carboxylic acids is 2. The maximum atomic E-state index is 12.5. The number of benzene rings is 3. The second-order valence-electron chi connectivity index (χ2n) is 7.41. The van der Waals surface area contributed by atoms with E-state index >= 15 is 0 Å². The summed E-state index contributed by atoms with van der Waals surface area (Å²) in [4.78, 5) is 24.8. The number of ether oxygens (including phenoxy) is 1. The van der Waals surface area contributed by atoms with Crippen LogP contribution in [0.5, 0.6) is 0 Å². The van der Waals surface area contributed by atoms with Crippen molar-refractivity contribution in [3.05, 3.63) is 89.0 Å². The Hall–Kier alpha value is -3.64. The number of anilines is 1. The number of hydrogen-bond acceptors (Lipinski definition) is 4. The minimum absolute atomic E-state index is 0.0187. The lowest BCUT2D eigenvalue weighted by Gasteiger charge is -2.16. The third-order valence-corrected chi connectivity index (χ3v) is 5.56. The van der Waals surface area contributed by atoms with Crippen molar-refractivity contribution < 1.29 is 19.4 Å². The quantitative estimate of drug-likeness (QED) is 0.565. The Morgan fingerprint density at radius 1 is 0.935 bits per heavy atom. The second kappa shape index (κ2) is 9.02. The van der Waals surface area contributed by atoms with Gasteiger partial charge < -0.3 is 15.2 Å². The molecule has 0 saturated heterocycles. The molecule has 3 aromatic carbocycles. The average Bonchev–Trinajstić information content (AvgIpc) is 3.11. The second-order valence-corrected chi connectivity index (χ2v) is 7.41. The first kappa shape index (κ1) is 20.6. The first-order valence-corrected chi connectivity index (χ1v) is 10.2. The minimum atomic E-state index is -0.571. The number of amides is 2. The average molecular weight is 416 g/mol. The van der Waals surface area contributed by atoms with Crippen LogP contribution in [0, 0.1) is 6.92 Å². The lowest BCUT2D eigenvalue weighted by molar-refractivity contribution is 0.0944. The van der Waals surface area contributed by atoms with Crippen LogP contribution in [0.2, 0.25) is 0 Å². The zero-order valence-electron chi connectivity index (χ0n) is 17.2. The fourth-order valence-electron chi connectivity index (χ4n) is 4.03. The van der Waals surface area contributed by atoms with Crippen LogP contribution < -0.4 is 10.6 Å². The number of fused-ring (bicyclic) bond motifs is 3. The van der Waals surface area contributed by atoms with Gasteiger partial charge in [-0.25, -0.2) is 4.79 Å². The summed E-state index contributed by atoms with van der Waals surface area (Å²) in [5.41, 5.74) is 6.21. The molecule has 1 aliphatic carbocycles. The molecule has 0 bridgehead atoms. The van der Waals surface area contributed by atoms with Crippen molar-refractivity contribution >= 4 is 17.7 Å². The van der Waals surface area contributed by atoms with Crippen molar-refractivity contribution in [1.82, 2.24) is 5.32 Å². The molecule has 0 aliphatic heterocycles. The minimum Gasteiger partial charge on any atom is -0.448 e. The largest absolute Gasteiger partial charge is 0.448 e. The van der Waals surface area contributed by atoms with E-state index in [2.05, 4.69) is 34.9 Å². The van der Waals surface area contributed by atoms with Crippen molar-refractivity contribution in [3.63, 3.8) is 0 Å². The van der Waals surface area contributed by atoms with Gasteiger partial charge in [0.1, 0.15) is 6.61 Å². The van der Waals surface area contributed by atoms with Crippen LogP contribution in [0.3, 0.4) is 0 Å². The third-order valence-electron chi connectivity index (χ3n) is 5.56. The topological polar surface area (TPSA) is 87.7 Å². The summed E-state index contributed by atoms with van der Waals surface area (Å²) in [5, 5.41) is 14.2. The van der Waals surface area contributed by atoms with Crippen molar-refractivity contribution in [2.45, 2.75) is 12.8 Å². The molecule has 0 unspecified atom stereocenters. The van der Waals surface area contributed by atoms with Gasteiger partial charge in [0, 0.05) is 23.7 Å². The summed E-state index contributed by atoms with van der Waals surface area (Å²) in [6.45, 7) is 2.01. The molecule has 0 atom stereocenters. The van der Waals surface area contributed by atoms with Crippen LogP contribution in [0.1, 0.15) is 33.0 Å². The molecule has 0 radical (unpaired) electrons. The fraction of sp³-hybridized carbons (Fsp3) is 0.200. The van der Waals surface area contributed by atoms with Gasteiger partial charge in [0.15, 0.2) is 0 Å². The van der Waals surface area contributed by atoms with Gasteiger partial charge in [-0.2, -0.15) is 0 Å². The Bertz CT molecular complexity index is 1080. The molecule has 2 amide bonds. The smallest absolute Gasteiger partial charge is 0.411 e. The highest BCUT2D eigenvalue weighted by Gasteiger charge is 2.29. The summed E-state index contributed by atoms with van der Waals surface area (Å²) >= 11 is 0. The van der Waals surface area contributed by atoms with Gasteiger partial charge in [-0.15, -0.1) is 0 Å². The zero-order chi connectivity index (χ0) is 21.8. The number of nitrogens with one attached hydrogen (secondary N) is 2. The van der Waals surface area contributed by atoms with E-state index in [0.717, 1.165) is 11.1 Å². The van der Waals surface area contributed by atoms with E-state index in [-0.39, 0.29) is 31.6 Å². The molecule has 31 heavy (non-hydrogen) atoms. The van der Waals surface area contributed by atoms with Crippen LogP contribution in [-0.2, 0) is 4.74 Å². The molecule has 4 rings (SSSR count). The summed E-state index contributed by atoms with van der Waals surface area (Å²) in [6.07, 6.45) is -0.571. The predicted octanol–water partition coefficient (Wildman–Crippen LogP) is 4.08. The van der Waals surface area contributed by atoms with Crippen molar-refractivity contribution in [2.75, 3.05) is 25.1 Å². The highest BCUT2D eigenvalue weighted by molar-refractivity contribution is 5.98. The SMILES string of the molecule is Cc1c(NC(=O)OCC2c3ccccc3-c3ccccc32)cccc1C(=O)NCCO. The summed E-state index contributed by atoms with van der Waals surface area (Å²) < 4.78 is 5.58. The Labute approximate surface area is 180 Å². The van der Waals surface area contributed by atoms with Crippen LogP contribution in [0.25, 0.3) is 11.1 Å². The molecule has 0 aromatic heterocycles. The third kappa shape index (κ3) is 4.15. The van der Waals surface area contributed by atoms with Crippen molar-refractivity contribution in [1.29, 1.82) is 0 Å². The van der Waals surface area contributed by atoms with Gasteiger partial charge in [0.25, 0.3) is 5.91 Å². The van der Waals surface area contributed by atoms with Gasteiger partial charge in [0.2, 0.25) is 0 Å². The van der Waals surface area contributed by atoms with Crippen LogP contribution in [0.4, 0.5) is 10.5 Å². The summed E-state index contributed by atoms with van der Waals surface area (Å²) in [6, 6.07) is 21.4. The van der Waals surface area contributed by atoms with E-state index < -0.39 is 6.09 Å². The van der Waals surface area contributed by atoms with Crippen LogP contribution in [0.15, 0.2) is 66.7 Å². The lowest BCUT2D eigenvalue weighted by Crippen LogP contribution is -2.27. The molecule has 158 valence electrons. The van der Waals surface area contributed by atoms with E-state index in [9.17, 15) is 9.59 Å². The van der Waals surface area contributed by atoms with E-state index in [0.29, 0.717) is 16.8 Å². The van der Waals surface area contributed by atoms with E-state index in [4.69, 9.17) is 9.84 Å². The fourth-order valence-corrected chi connectivity index (χ4v) is 4.03. The Balaban J connectivity index is 1.46. The number of aliphatic hydroxyl groups is 1. The number of carbonyl (C=O) groups is 2. The standard InChI is InChI=1S/C25H24N2O4/c1-16-17(24(29)26-13-14-28)11-6-12-23(16)27-25(30)31-15-22-20-9-4-2-7-18(20)19-8-3-5-10-21(19)22/h2-12,22,28H,13-15H2,1H3,(H,26,29)(H,27,30).